The first kappa shape index (κ1) is 20.2. The molecular weight excluding hydrogens is 409 g/mol. The van der Waals surface area contributed by atoms with Crippen molar-refractivity contribution in [2.75, 3.05) is 16.5 Å². The van der Waals surface area contributed by atoms with Crippen molar-refractivity contribution in [1.82, 2.24) is 15.4 Å². The van der Waals surface area contributed by atoms with Gasteiger partial charge in [0.25, 0.3) is 5.91 Å². The van der Waals surface area contributed by atoms with E-state index in [1.54, 1.807) is 12.1 Å². The van der Waals surface area contributed by atoms with Gasteiger partial charge >= 0.3 is 6.18 Å². The molecule has 1 amide bonds. The maximum Gasteiger partial charge on any atom is 0.416 e. The van der Waals surface area contributed by atoms with Crippen LogP contribution in [0.2, 0.25) is 5.02 Å². The number of hydrogen-bond donors (Lipinski definition) is 4. The van der Waals surface area contributed by atoms with E-state index in [9.17, 15) is 18.0 Å². The van der Waals surface area contributed by atoms with Crippen LogP contribution in [0.4, 0.5) is 36.2 Å². The van der Waals surface area contributed by atoms with Crippen LogP contribution in [0.1, 0.15) is 15.9 Å². The van der Waals surface area contributed by atoms with Crippen LogP contribution >= 0.6 is 11.6 Å². The highest BCUT2D eigenvalue weighted by Gasteiger charge is 2.30. The van der Waals surface area contributed by atoms with Gasteiger partial charge in [-0.15, -0.1) is 0 Å². The Morgan fingerprint density at radius 3 is 2.41 bits per heavy atom. The molecule has 0 atom stereocenters. The molecule has 150 valence electrons. The minimum Gasteiger partial charge on any atom is -0.393 e. The summed E-state index contributed by atoms with van der Waals surface area (Å²) >= 11 is 5.78. The summed E-state index contributed by atoms with van der Waals surface area (Å²) in [7, 11) is 0. The molecule has 0 radical (unpaired) electrons. The van der Waals surface area contributed by atoms with Crippen LogP contribution in [0.3, 0.4) is 0 Å². The number of carbonyl (C=O) groups is 1. The second kappa shape index (κ2) is 8.23. The maximum atomic E-state index is 12.9. The van der Waals surface area contributed by atoms with E-state index in [0.29, 0.717) is 10.6 Å². The molecule has 0 bridgehead atoms. The zero-order valence-electron chi connectivity index (χ0n) is 14.6. The molecular formula is C18H14ClF3N6O. The third-order valence-corrected chi connectivity index (χ3v) is 3.99. The highest BCUT2D eigenvalue weighted by molar-refractivity contribution is 6.30. The van der Waals surface area contributed by atoms with Gasteiger partial charge in [0.2, 0.25) is 0 Å². The number of rotatable bonds is 5. The fourth-order valence-corrected chi connectivity index (χ4v) is 2.42. The van der Waals surface area contributed by atoms with E-state index < -0.39 is 17.6 Å². The lowest BCUT2D eigenvalue weighted by atomic mass is 10.2. The molecule has 2 aromatic carbocycles. The van der Waals surface area contributed by atoms with Crippen LogP contribution in [-0.2, 0) is 6.18 Å². The summed E-state index contributed by atoms with van der Waals surface area (Å²) in [5.74, 6) is -0.327. The van der Waals surface area contributed by atoms with Crippen LogP contribution in [0.15, 0.2) is 54.9 Å². The van der Waals surface area contributed by atoms with E-state index in [1.807, 2.05) is 0 Å². The van der Waals surface area contributed by atoms with Crippen LogP contribution in [0.25, 0.3) is 0 Å². The molecule has 0 saturated heterocycles. The third kappa shape index (κ3) is 5.05. The number of nitrogens with zero attached hydrogens (tertiary/aromatic N) is 2. The van der Waals surface area contributed by atoms with Crippen molar-refractivity contribution in [2.45, 2.75) is 6.18 Å². The lowest BCUT2D eigenvalue weighted by molar-refractivity contribution is -0.137. The van der Waals surface area contributed by atoms with Crippen molar-refractivity contribution in [3.63, 3.8) is 0 Å². The van der Waals surface area contributed by atoms with Gasteiger partial charge < -0.3 is 11.1 Å². The van der Waals surface area contributed by atoms with Gasteiger partial charge in [-0.3, -0.25) is 15.6 Å². The van der Waals surface area contributed by atoms with E-state index >= 15 is 0 Å². The predicted molar refractivity (Wildman–Crippen MR) is 104 cm³/mol. The van der Waals surface area contributed by atoms with Gasteiger partial charge in [0.1, 0.15) is 12.0 Å². The molecule has 1 aromatic heterocycles. The van der Waals surface area contributed by atoms with Crippen LogP contribution in [0, 0.1) is 0 Å². The Bertz CT molecular complexity index is 1030. The standard InChI is InChI=1S/C18H14ClF3N6O/c19-12-6-4-10(5-7-12)17(29)28-27-16-14(23)15(24-9-25-16)26-13-3-1-2-11(8-13)18(20,21)22/h1-9H,23H2,(H,28,29)(H2,24,25,26,27). The van der Waals surface area contributed by atoms with Crippen LogP contribution < -0.4 is 21.9 Å². The van der Waals surface area contributed by atoms with E-state index in [1.165, 1.54) is 24.3 Å². The van der Waals surface area contributed by atoms with Gasteiger partial charge in [0.05, 0.1) is 5.56 Å². The minimum absolute atomic E-state index is 0.00122. The van der Waals surface area contributed by atoms with Gasteiger partial charge in [-0.1, -0.05) is 17.7 Å². The zero-order valence-corrected chi connectivity index (χ0v) is 15.3. The molecule has 7 nitrogen and oxygen atoms in total. The smallest absolute Gasteiger partial charge is 0.393 e. The number of hydrogen-bond acceptors (Lipinski definition) is 6. The highest BCUT2D eigenvalue weighted by Crippen LogP contribution is 2.32. The average molecular weight is 423 g/mol. The number of anilines is 4. The number of benzene rings is 2. The Balaban J connectivity index is 1.73. The summed E-state index contributed by atoms with van der Waals surface area (Å²) in [4.78, 5) is 20.0. The summed E-state index contributed by atoms with van der Waals surface area (Å²) in [6, 6.07) is 10.8. The lowest BCUT2D eigenvalue weighted by Crippen LogP contribution is -2.30. The fraction of sp³-hybridized carbons (Fsp3) is 0.0556. The second-order valence-electron chi connectivity index (χ2n) is 5.77. The minimum atomic E-state index is -4.48. The number of nitrogens with two attached hydrogens (primary N) is 1. The Kier molecular flexibility index (Phi) is 5.74. The van der Waals surface area contributed by atoms with Crippen LogP contribution in [-0.4, -0.2) is 15.9 Å². The predicted octanol–water partition coefficient (Wildman–Crippen LogP) is 4.23. The third-order valence-electron chi connectivity index (χ3n) is 3.74. The van der Waals surface area contributed by atoms with E-state index in [-0.39, 0.29) is 23.0 Å². The normalized spacial score (nSPS) is 11.0. The van der Waals surface area contributed by atoms with E-state index in [0.717, 1.165) is 18.5 Å². The molecule has 0 aliphatic carbocycles. The molecule has 0 spiro atoms. The molecule has 5 N–H and O–H groups in total. The van der Waals surface area contributed by atoms with Crippen molar-refractivity contribution >= 4 is 40.5 Å². The molecule has 11 heteroatoms. The first-order valence-electron chi connectivity index (χ1n) is 8.11. The van der Waals surface area contributed by atoms with Crippen LogP contribution in [0.5, 0.6) is 0 Å². The SMILES string of the molecule is Nc1c(NNC(=O)c2ccc(Cl)cc2)ncnc1Nc1cccc(C(F)(F)F)c1. The first-order valence-corrected chi connectivity index (χ1v) is 8.48. The topological polar surface area (TPSA) is 105 Å². The summed E-state index contributed by atoms with van der Waals surface area (Å²) in [6.45, 7) is 0. The van der Waals surface area contributed by atoms with Gasteiger partial charge in [0.15, 0.2) is 11.6 Å². The van der Waals surface area contributed by atoms with Crippen molar-refractivity contribution in [3.05, 3.63) is 71.0 Å². The van der Waals surface area contributed by atoms with Crippen molar-refractivity contribution in [3.8, 4) is 0 Å². The summed E-state index contributed by atoms with van der Waals surface area (Å²) in [5, 5.41) is 3.19. The number of alkyl halides is 3. The number of nitrogen functional groups attached to an aromatic ring is 1. The largest absolute Gasteiger partial charge is 0.416 e. The van der Waals surface area contributed by atoms with Crippen molar-refractivity contribution < 1.29 is 18.0 Å². The second-order valence-corrected chi connectivity index (χ2v) is 6.21. The molecule has 0 unspecified atom stereocenters. The number of nitrogens with one attached hydrogen (secondary N) is 3. The number of amides is 1. The zero-order chi connectivity index (χ0) is 21.0. The number of halogens is 4. The summed E-state index contributed by atoms with van der Waals surface area (Å²) < 4.78 is 38.6. The molecule has 1 heterocycles. The highest BCUT2D eigenvalue weighted by atomic mass is 35.5. The summed E-state index contributed by atoms with van der Waals surface area (Å²) in [6.07, 6.45) is -3.34. The van der Waals surface area contributed by atoms with Crippen molar-refractivity contribution in [1.29, 1.82) is 0 Å². The Labute approximate surface area is 168 Å². The van der Waals surface area contributed by atoms with Gasteiger partial charge in [0, 0.05) is 16.3 Å². The van der Waals surface area contributed by atoms with Gasteiger partial charge in [-0.2, -0.15) is 13.2 Å². The first-order chi connectivity index (χ1) is 13.7. The van der Waals surface area contributed by atoms with E-state index in [4.69, 9.17) is 17.3 Å². The molecule has 3 rings (SSSR count). The van der Waals surface area contributed by atoms with E-state index in [2.05, 4.69) is 26.1 Å². The van der Waals surface area contributed by atoms with Gasteiger partial charge in [-0.25, -0.2) is 9.97 Å². The number of carbonyl (C=O) groups excluding carboxylic acids is 1. The van der Waals surface area contributed by atoms with Gasteiger partial charge in [-0.05, 0) is 42.5 Å². The molecule has 0 fully saturated rings. The molecule has 0 saturated carbocycles. The summed E-state index contributed by atoms with van der Waals surface area (Å²) in [5.41, 5.74) is 10.6. The Morgan fingerprint density at radius 1 is 1.03 bits per heavy atom. The quantitative estimate of drug-likeness (QED) is 0.459. The molecule has 0 aliphatic heterocycles. The fourth-order valence-electron chi connectivity index (χ4n) is 2.29. The average Bonchev–Trinajstić information content (AvgIpc) is 2.68. The number of hydrazine groups is 1. The number of aromatic nitrogens is 2. The van der Waals surface area contributed by atoms with Crippen molar-refractivity contribution in [2.24, 2.45) is 0 Å². The Hall–Kier alpha value is -3.53. The Morgan fingerprint density at radius 2 is 1.72 bits per heavy atom. The molecule has 29 heavy (non-hydrogen) atoms. The monoisotopic (exact) mass is 422 g/mol. The molecule has 0 aliphatic rings. The lowest BCUT2D eigenvalue weighted by Gasteiger charge is -2.14. The molecule has 3 aromatic rings. The maximum absolute atomic E-state index is 12.9.